The summed E-state index contributed by atoms with van der Waals surface area (Å²) in [5.74, 6) is 5.00. The molecule has 0 saturated heterocycles. The number of allylic oxidation sites excluding steroid dienone is 2. The lowest BCUT2D eigenvalue weighted by Gasteiger charge is -2.56. The monoisotopic (exact) mass is 917 g/mol. The van der Waals surface area contributed by atoms with Crippen LogP contribution in [0.4, 0.5) is 0 Å². The molecule has 4 aromatic carbocycles. The smallest absolute Gasteiger partial charge is 0.126 e. The van der Waals surface area contributed by atoms with Crippen LogP contribution in [0.15, 0.2) is 71.8 Å². The van der Waals surface area contributed by atoms with E-state index in [0.717, 1.165) is 80.7 Å². The van der Waals surface area contributed by atoms with Crippen LogP contribution < -0.4 is 9.47 Å². The van der Waals surface area contributed by atoms with Crippen molar-refractivity contribution in [1.29, 1.82) is 0 Å². The third kappa shape index (κ3) is 8.87. The Labute approximate surface area is 411 Å². The van der Waals surface area contributed by atoms with Crippen molar-refractivity contribution in [3.63, 3.8) is 0 Å². The number of ether oxygens (including phenoxy) is 2. The molecular formula is C64H84O4. The van der Waals surface area contributed by atoms with Gasteiger partial charge in [0.2, 0.25) is 0 Å². The Morgan fingerprint density at radius 1 is 0.426 bits per heavy atom. The minimum atomic E-state index is -0.166. The van der Waals surface area contributed by atoms with Crippen molar-refractivity contribution in [2.75, 3.05) is 13.2 Å². The van der Waals surface area contributed by atoms with Crippen molar-refractivity contribution in [2.45, 2.75) is 184 Å². The highest BCUT2D eigenvalue weighted by atomic mass is 16.5. The van der Waals surface area contributed by atoms with Gasteiger partial charge in [-0.05, 0) is 160 Å². The normalized spacial score (nSPS) is 22.9. The molecule has 0 aromatic heterocycles. The van der Waals surface area contributed by atoms with Gasteiger partial charge in [0, 0.05) is 25.7 Å². The van der Waals surface area contributed by atoms with Crippen LogP contribution in [0, 0.1) is 34.5 Å². The lowest BCUT2D eigenvalue weighted by Crippen LogP contribution is -2.48. The minimum absolute atomic E-state index is 0.158. The van der Waals surface area contributed by atoms with Crippen molar-refractivity contribution in [1.82, 2.24) is 0 Å². The van der Waals surface area contributed by atoms with E-state index in [0.29, 0.717) is 62.2 Å². The van der Waals surface area contributed by atoms with E-state index in [1.165, 1.54) is 46.2 Å². The minimum Gasteiger partial charge on any atom is -0.507 e. The molecule has 68 heavy (non-hydrogen) atoms. The van der Waals surface area contributed by atoms with Crippen LogP contribution in [0.25, 0.3) is 0 Å². The van der Waals surface area contributed by atoms with Gasteiger partial charge in [-0.3, -0.25) is 0 Å². The summed E-state index contributed by atoms with van der Waals surface area (Å²) in [7, 11) is 0. The average Bonchev–Trinajstić information content (AvgIpc) is 3.23. The first-order valence-corrected chi connectivity index (χ1v) is 26.2. The lowest BCUT2D eigenvalue weighted by molar-refractivity contribution is -0.0116. The first-order valence-electron chi connectivity index (χ1n) is 26.2. The van der Waals surface area contributed by atoms with Crippen molar-refractivity contribution in [3.05, 3.63) is 139 Å². The molecule has 11 rings (SSSR count). The number of rotatable bonds is 6. The molecule has 0 heterocycles. The molecule has 4 aromatic rings. The third-order valence-corrected chi connectivity index (χ3v) is 17.9. The van der Waals surface area contributed by atoms with Gasteiger partial charge in [0.25, 0.3) is 0 Å². The molecule has 7 aliphatic carbocycles. The molecule has 4 heteroatoms. The van der Waals surface area contributed by atoms with Gasteiger partial charge >= 0.3 is 0 Å². The Hall–Kier alpha value is -4.44. The first-order chi connectivity index (χ1) is 31.5. The Balaban J connectivity index is 1.28. The van der Waals surface area contributed by atoms with E-state index in [9.17, 15) is 10.2 Å². The molecule has 4 nitrogen and oxygen atoms in total. The molecule has 12 bridgehead atoms. The summed E-state index contributed by atoms with van der Waals surface area (Å²) in [6.45, 7) is 38.2. The Morgan fingerprint density at radius 3 is 0.897 bits per heavy atom. The molecule has 7 aliphatic rings. The topological polar surface area (TPSA) is 58.9 Å². The van der Waals surface area contributed by atoms with Crippen molar-refractivity contribution in [2.24, 2.45) is 34.5 Å². The second-order valence-corrected chi connectivity index (χ2v) is 27.5. The number of phenolic OH excluding ortho intramolecular Hbond substituents is 2. The van der Waals surface area contributed by atoms with Crippen molar-refractivity contribution >= 4 is 0 Å². The zero-order valence-electron chi connectivity index (χ0n) is 44.9. The molecule has 364 valence electrons. The first kappa shape index (κ1) is 48.6. The maximum Gasteiger partial charge on any atom is 0.126 e. The van der Waals surface area contributed by atoms with Gasteiger partial charge in [-0.2, -0.15) is 0 Å². The summed E-state index contributed by atoms with van der Waals surface area (Å²) in [6.07, 6.45) is 11.6. The third-order valence-electron chi connectivity index (χ3n) is 17.9. The quantitative estimate of drug-likeness (QED) is 0.167. The van der Waals surface area contributed by atoms with Crippen LogP contribution in [0.1, 0.15) is 203 Å². The summed E-state index contributed by atoms with van der Waals surface area (Å²) in [6, 6.07) is 18.4. The maximum absolute atomic E-state index is 12.8. The molecule has 0 radical (unpaired) electrons. The second-order valence-electron chi connectivity index (χ2n) is 27.5. The van der Waals surface area contributed by atoms with Crippen LogP contribution in [-0.4, -0.2) is 23.4 Å². The van der Waals surface area contributed by atoms with Gasteiger partial charge in [-0.25, -0.2) is 0 Å². The summed E-state index contributed by atoms with van der Waals surface area (Å²) < 4.78 is 14.5. The SMILES string of the molecule is CC(C)(C)c1cc2c(O)c(c1)Cc1cc(C(C)(C)C)cc(c1OCC1=CC[C@H]3C[C@@H]1C3(C)C)Cc1cc(C(C)(C)C)cc(c1O)Cc1cc(C(C)(C)C)cc(c1OCC1=CC[C@H]3C[C@@H]1C3(C)C)C2. The molecule has 2 N–H and O–H groups in total. The highest BCUT2D eigenvalue weighted by molar-refractivity contribution is 5.59. The molecule has 0 spiro atoms. The van der Waals surface area contributed by atoms with E-state index in [2.05, 4.69) is 171 Å². The lowest BCUT2D eigenvalue weighted by atomic mass is 9.49. The Kier molecular flexibility index (Phi) is 11.8. The fourth-order valence-corrected chi connectivity index (χ4v) is 12.6. The Morgan fingerprint density at radius 2 is 0.676 bits per heavy atom. The van der Waals surface area contributed by atoms with Gasteiger partial charge in [-0.1, -0.05) is 171 Å². The number of benzene rings is 4. The number of aromatic hydroxyl groups is 2. The number of phenols is 2. The van der Waals surface area contributed by atoms with Crippen LogP contribution in [0.2, 0.25) is 0 Å². The van der Waals surface area contributed by atoms with Crippen LogP contribution in [-0.2, 0) is 47.3 Å². The van der Waals surface area contributed by atoms with Crippen LogP contribution in [0.5, 0.6) is 23.0 Å². The fraction of sp³-hybridized carbons (Fsp3) is 0.562. The van der Waals surface area contributed by atoms with Gasteiger partial charge < -0.3 is 19.7 Å². The number of fused-ring (bicyclic) bond motifs is 10. The molecule has 4 atom stereocenters. The molecular weight excluding hydrogens is 833 g/mol. The van der Waals surface area contributed by atoms with Gasteiger partial charge in [-0.15, -0.1) is 0 Å². The predicted molar refractivity (Wildman–Crippen MR) is 282 cm³/mol. The summed E-state index contributed by atoms with van der Waals surface area (Å²) in [5, 5.41) is 25.7. The number of hydrogen-bond donors (Lipinski definition) is 2. The average molecular weight is 917 g/mol. The van der Waals surface area contributed by atoms with Crippen LogP contribution >= 0.6 is 0 Å². The fourth-order valence-electron chi connectivity index (χ4n) is 12.6. The van der Waals surface area contributed by atoms with E-state index in [-0.39, 0.29) is 32.5 Å². The van der Waals surface area contributed by atoms with Gasteiger partial charge in [0.05, 0.1) is 0 Å². The molecule has 0 amide bonds. The Bertz CT molecular complexity index is 2420. The molecule has 0 unspecified atom stereocenters. The van der Waals surface area contributed by atoms with E-state index in [4.69, 9.17) is 9.47 Å². The summed E-state index contributed by atoms with van der Waals surface area (Å²) >= 11 is 0. The van der Waals surface area contributed by atoms with Gasteiger partial charge in [0.15, 0.2) is 0 Å². The number of hydrogen-bond acceptors (Lipinski definition) is 4. The van der Waals surface area contributed by atoms with E-state index >= 15 is 0 Å². The largest absolute Gasteiger partial charge is 0.507 e. The zero-order valence-corrected chi connectivity index (χ0v) is 44.9. The molecule has 0 aliphatic heterocycles. The predicted octanol–water partition coefficient (Wildman–Crippen LogP) is 15.7. The molecule has 2 fully saturated rings. The highest BCUT2D eigenvalue weighted by Crippen LogP contribution is 2.60. The van der Waals surface area contributed by atoms with E-state index in [1.54, 1.807) is 0 Å². The maximum atomic E-state index is 12.8. The van der Waals surface area contributed by atoms with E-state index in [1.807, 2.05) is 0 Å². The van der Waals surface area contributed by atoms with Crippen molar-refractivity contribution < 1.29 is 19.7 Å². The van der Waals surface area contributed by atoms with Crippen LogP contribution in [0.3, 0.4) is 0 Å². The van der Waals surface area contributed by atoms with E-state index < -0.39 is 0 Å². The highest BCUT2D eigenvalue weighted by Gasteiger charge is 2.52. The second kappa shape index (κ2) is 16.6. The van der Waals surface area contributed by atoms with Crippen molar-refractivity contribution in [3.8, 4) is 23.0 Å². The zero-order chi connectivity index (χ0) is 49.3. The summed E-state index contributed by atoms with van der Waals surface area (Å²) in [5.41, 5.74) is 15.5. The standard InChI is InChI=1S/C64H84O4/c1-59(2,3)49-25-39-21-43-29-51(61(7,8)9)31-45(57(43)67-35-37-17-19-47-33-53(37)63(47,13)14)23-41-27-50(60(4,5)6)28-42(56(41)66)24-46-32-52(62(10,11)12)30-44(22-40(26-49)55(39)65)58(46)68-36-38-18-20-48-34-54(38)64(48,15)16/h17-18,25-32,47-48,53-54,65-66H,19-24,33-36H2,1-16H3/t47-,48-,53-,54-/m0/s1. The van der Waals surface area contributed by atoms with Gasteiger partial charge in [0.1, 0.15) is 36.2 Å². The summed E-state index contributed by atoms with van der Waals surface area (Å²) in [4.78, 5) is 0. The molecule has 2 saturated carbocycles.